The van der Waals surface area contributed by atoms with E-state index < -0.39 is 14.1 Å². The Hall–Kier alpha value is -1.87. The fraction of sp³-hybridized carbons (Fsp3) is 0.364. The van der Waals surface area contributed by atoms with Crippen molar-refractivity contribution in [3.8, 4) is 11.5 Å². The molecule has 2 unspecified atom stereocenters. The van der Waals surface area contributed by atoms with Crippen molar-refractivity contribution in [2.75, 3.05) is 13.2 Å². The van der Waals surface area contributed by atoms with Crippen LogP contribution in [0.4, 0.5) is 4.39 Å². The molecule has 0 aliphatic rings. The van der Waals surface area contributed by atoms with Gasteiger partial charge < -0.3 is 9.73 Å². The van der Waals surface area contributed by atoms with E-state index in [1.807, 2.05) is 31.2 Å². The summed E-state index contributed by atoms with van der Waals surface area (Å²) in [5.74, 6) is -0.0143. The van der Waals surface area contributed by atoms with Crippen molar-refractivity contribution in [2.24, 2.45) is 0 Å². The molecule has 0 radical (unpaired) electrons. The second-order valence-corrected chi connectivity index (χ2v) is 9.50. The van der Waals surface area contributed by atoms with Crippen molar-refractivity contribution >= 4 is 31.6 Å². The second kappa shape index (κ2) is 13.1. The summed E-state index contributed by atoms with van der Waals surface area (Å²) < 4.78 is 35.4. The van der Waals surface area contributed by atoms with Crippen molar-refractivity contribution in [1.82, 2.24) is 15.5 Å². The number of hydrogen-bond donors (Lipinski definition) is 2. The van der Waals surface area contributed by atoms with Crippen LogP contribution in [0.1, 0.15) is 42.6 Å². The normalized spacial score (nSPS) is 12.7. The summed E-state index contributed by atoms with van der Waals surface area (Å²) in [6.45, 7) is 3.59. The molecule has 0 aliphatic heterocycles. The number of benzene rings is 2. The van der Waals surface area contributed by atoms with Gasteiger partial charge in [-0.1, -0.05) is 61.0 Å². The van der Waals surface area contributed by atoms with Gasteiger partial charge in [-0.25, -0.2) is 4.39 Å². The summed E-state index contributed by atoms with van der Waals surface area (Å²) in [6, 6.07) is 12.7. The highest BCUT2D eigenvalue weighted by Gasteiger charge is 2.21. The molecule has 2 aromatic carbocycles. The molecule has 0 saturated carbocycles. The largest absolute Gasteiger partial charge is 0.694 e. The zero-order valence-corrected chi connectivity index (χ0v) is 20.5. The fourth-order valence-corrected chi connectivity index (χ4v) is 4.73. The first-order valence-corrected chi connectivity index (χ1v) is 12.9. The molecule has 2 atom stereocenters. The van der Waals surface area contributed by atoms with Crippen LogP contribution in [0.2, 0.25) is 5.02 Å². The van der Waals surface area contributed by atoms with Crippen LogP contribution in [0, 0.1) is 5.82 Å². The molecule has 1 heterocycles. The van der Waals surface area contributed by atoms with Crippen molar-refractivity contribution in [3.63, 3.8) is 0 Å². The lowest BCUT2D eigenvalue weighted by Gasteiger charge is -2.15. The second-order valence-electron chi connectivity index (χ2n) is 7.21. The Kier molecular flexibility index (Phi) is 10.2. The molecule has 2 N–H and O–H groups in total. The quantitative estimate of drug-likeness (QED) is 0.156. The highest BCUT2D eigenvalue weighted by Crippen LogP contribution is 2.40. The summed E-state index contributed by atoms with van der Waals surface area (Å²) in [5, 5.41) is 11.8. The van der Waals surface area contributed by atoms with Gasteiger partial charge in [0.25, 0.3) is 5.22 Å². The summed E-state index contributed by atoms with van der Waals surface area (Å²) >= 11 is 7.29. The van der Waals surface area contributed by atoms with Crippen LogP contribution < -0.4 is 5.32 Å². The lowest BCUT2D eigenvalue weighted by Crippen LogP contribution is -2.15. The van der Waals surface area contributed by atoms with E-state index >= 15 is 0 Å². The van der Waals surface area contributed by atoms with Gasteiger partial charge in [0.15, 0.2) is 0 Å². The van der Waals surface area contributed by atoms with E-state index in [0.29, 0.717) is 36.2 Å². The van der Waals surface area contributed by atoms with E-state index in [2.05, 4.69) is 20.0 Å². The van der Waals surface area contributed by atoms with Gasteiger partial charge in [-0.3, -0.25) is 0 Å². The number of aromatic nitrogens is 2. The molecule has 0 saturated heterocycles. The molecule has 0 spiro atoms. The molecule has 0 aliphatic carbocycles. The maximum absolute atomic E-state index is 14.5. The van der Waals surface area contributed by atoms with Crippen molar-refractivity contribution in [1.29, 1.82) is 0 Å². The Morgan fingerprint density at radius 3 is 2.79 bits per heavy atom. The predicted molar refractivity (Wildman–Crippen MR) is 127 cm³/mol. The molecule has 3 aromatic rings. The Bertz CT molecular complexity index is 1050. The number of thioether (sulfide) groups is 1. The van der Waals surface area contributed by atoms with Crippen molar-refractivity contribution in [2.45, 2.75) is 43.2 Å². The van der Waals surface area contributed by atoms with Crippen LogP contribution in [0.3, 0.4) is 0 Å². The van der Waals surface area contributed by atoms with Crippen molar-refractivity contribution in [3.05, 3.63) is 64.4 Å². The predicted octanol–water partition coefficient (Wildman–Crippen LogP) is 6.31. The minimum Gasteiger partial charge on any atom is -0.411 e. The van der Waals surface area contributed by atoms with Crippen LogP contribution >= 0.6 is 31.6 Å². The average Bonchev–Trinajstić information content (AvgIpc) is 3.26. The molecule has 7 nitrogen and oxygen atoms in total. The van der Waals surface area contributed by atoms with Gasteiger partial charge in [0, 0.05) is 27.5 Å². The number of hydrogen-bond acceptors (Lipinski definition) is 7. The van der Waals surface area contributed by atoms with Gasteiger partial charge in [-0.05, 0) is 43.1 Å². The number of rotatable bonds is 13. The number of nitrogens with one attached hydrogen (secondary N) is 1. The maximum atomic E-state index is 14.5. The summed E-state index contributed by atoms with van der Waals surface area (Å²) in [4.78, 5) is 8.58. The third-order valence-electron chi connectivity index (χ3n) is 4.76. The maximum Gasteiger partial charge on any atom is 0.694 e. The molecule has 1 aromatic heterocycles. The Labute approximate surface area is 202 Å². The molecular formula is C22H25ClFN3O4PS+. The molecule has 11 heteroatoms. The van der Waals surface area contributed by atoms with Crippen LogP contribution in [0.5, 0.6) is 0 Å². The molecule has 3 rings (SSSR count). The van der Waals surface area contributed by atoms with E-state index in [-0.39, 0.29) is 16.9 Å². The minimum absolute atomic E-state index is 0.102. The SMILES string of the molecule is CCCC(Sc1nnc(-c2ccc(CNCCCO[P+](=O)O)cc2)o1)c1cccc(Cl)c1F. The van der Waals surface area contributed by atoms with E-state index in [1.165, 1.54) is 17.8 Å². The minimum atomic E-state index is -2.53. The molecule has 0 fully saturated rings. The molecule has 0 bridgehead atoms. The third kappa shape index (κ3) is 7.84. The zero-order chi connectivity index (χ0) is 23.6. The standard InChI is InChI=1S/C22H24ClFN3O4PS/c1-2-5-19(17-6-3-7-18(23)20(17)24)33-22-27-26-21(31-22)16-10-8-15(9-11-16)14-25-12-4-13-30-32(28)29/h3,6-11,19,25H,2,4-5,12-14H2,1H3/p+1. The molecule has 0 amide bonds. The Morgan fingerprint density at radius 1 is 1.27 bits per heavy atom. The summed E-state index contributed by atoms with van der Waals surface area (Å²) in [5.41, 5.74) is 2.39. The highest BCUT2D eigenvalue weighted by atomic mass is 35.5. The lowest BCUT2D eigenvalue weighted by atomic mass is 10.1. The lowest BCUT2D eigenvalue weighted by molar-refractivity contribution is 0.276. The van der Waals surface area contributed by atoms with Gasteiger partial charge in [0.05, 0.1) is 5.02 Å². The monoisotopic (exact) mass is 512 g/mol. The van der Waals surface area contributed by atoms with E-state index in [4.69, 9.17) is 20.9 Å². The molecule has 176 valence electrons. The zero-order valence-electron chi connectivity index (χ0n) is 18.0. The average molecular weight is 513 g/mol. The smallest absolute Gasteiger partial charge is 0.411 e. The van der Waals surface area contributed by atoms with Gasteiger partial charge >= 0.3 is 8.25 Å². The fourth-order valence-electron chi connectivity index (χ4n) is 3.14. The van der Waals surface area contributed by atoms with E-state index in [9.17, 15) is 8.96 Å². The third-order valence-corrected chi connectivity index (χ3v) is 6.59. The highest BCUT2D eigenvalue weighted by molar-refractivity contribution is 7.99. The van der Waals surface area contributed by atoms with Gasteiger partial charge in [-0.2, -0.15) is 0 Å². The number of halogens is 2. The van der Waals surface area contributed by atoms with Crippen LogP contribution in [-0.2, 0) is 15.6 Å². The first-order valence-electron chi connectivity index (χ1n) is 10.5. The van der Waals surface area contributed by atoms with Gasteiger partial charge in [0.1, 0.15) is 12.4 Å². The van der Waals surface area contributed by atoms with Gasteiger partial charge in [0.2, 0.25) is 5.89 Å². The summed E-state index contributed by atoms with van der Waals surface area (Å²) in [6.07, 6.45) is 2.25. The van der Waals surface area contributed by atoms with E-state index in [0.717, 1.165) is 24.0 Å². The number of nitrogens with zero attached hydrogens (tertiary/aromatic N) is 2. The molecular weight excluding hydrogens is 488 g/mol. The summed E-state index contributed by atoms with van der Waals surface area (Å²) in [7, 11) is -2.53. The van der Waals surface area contributed by atoms with Crippen LogP contribution in [0.15, 0.2) is 52.1 Å². The topological polar surface area (TPSA) is 97.5 Å². The molecule has 33 heavy (non-hydrogen) atoms. The van der Waals surface area contributed by atoms with Crippen LogP contribution in [-0.4, -0.2) is 28.2 Å². The van der Waals surface area contributed by atoms with Gasteiger partial charge in [-0.15, -0.1) is 19.6 Å². The van der Waals surface area contributed by atoms with Crippen molar-refractivity contribution < 1.29 is 22.8 Å². The van der Waals surface area contributed by atoms with Crippen LogP contribution in [0.25, 0.3) is 11.5 Å². The first-order chi connectivity index (χ1) is 16.0. The first kappa shape index (κ1) is 25.7. The Morgan fingerprint density at radius 2 is 2.06 bits per heavy atom. The van der Waals surface area contributed by atoms with E-state index in [1.54, 1.807) is 12.1 Å². The Balaban J connectivity index is 1.57.